The molecule has 0 saturated heterocycles. The molecule has 8 atom stereocenters. The molecule has 206 valence electrons. The highest BCUT2D eigenvalue weighted by atomic mass is 16.5. The Morgan fingerprint density at radius 3 is 2.47 bits per heavy atom. The fourth-order valence-electron chi connectivity index (χ4n) is 5.06. The van der Waals surface area contributed by atoms with Gasteiger partial charge < -0.3 is 29.9 Å². The zero-order valence-corrected chi connectivity index (χ0v) is 22.4. The number of carbonyl (C=O) groups excluding carboxylic acids is 2. The fourth-order valence-corrected chi connectivity index (χ4v) is 5.06. The lowest BCUT2D eigenvalue weighted by Crippen LogP contribution is -2.43. The molecule has 4 N–H and O–H groups in total. The molecule has 2 aliphatic carbocycles. The van der Waals surface area contributed by atoms with E-state index in [-0.39, 0.29) is 49.3 Å². The van der Waals surface area contributed by atoms with Gasteiger partial charge in [0.2, 0.25) is 0 Å². The molecule has 0 aromatic rings. The van der Waals surface area contributed by atoms with E-state index in [1.165, 1.54) is 5.57 Å². The van der Waals surface area contributed by atoms with Crippen molar-refractivity contribution in [2.75, 3.05) is 13.2 Å². The summed E-state index contributed by atoms with van der Waals surface area (Å²) in [7, 11) is 0. The molecule has 0 heterocycles. The average molecular weight is 511 g/mol. The first-order valence-electron chi connectivity index (χ1n) is 13.3. The topological polar surface area (TPSA) is 134 Å². The van der Waals surface area contributed by atoms with Crippen LogP contribution in [0.25, 0.3) is 0 Å². The van der Waals surface area contributed by atoms with Crippen LogP contribution in [-0.2, 0) is 19.1 Å². The Bertz CT molecular complexity index is 788. The minimum absolute atomic E-state index is 0.0299. The maximum absolute atomic E-state index is 12.9. The van der Waals surface area contributed by atoms with Gasteiger partial charge in [0.05, 0.1) is 30.7 Å². The van der Waals surface area contributed by atoms with Crippen LogP contribution in [0, 0.1) is 29.1 Å². The molecule has 0 spiro atoms. The molecule has 0 aromatic carbocycles. The SMILES string of the molecule is CCC(C)(C)C(=O)O[C@H]1C[C@@H](C)C=C2C=C[C@H](C)[C@H](CC[C@H](O)C[C@@H](O)CC(=O)OC[C@@H](O)CO)[C@H]21. The summed E-state index contributed by atoms with van der Waals surface area (Å²) in [5.74, 6) is -0.0942. The van der Waals surface area contributed by atoms with Crippen LogP contribution in [0.3, 0.4) is 0 Å². The number of aliphatic hydroxyl groups excluding tert-OH is 4. The highest BCUT2D eigenvalue weighted by Gasteiger charge is 2.42. The molecular weight excluding hydrogens is 464 g/mol. The van der Waals surface area contributed by atoms with Crippen molar-refractivity contribution in [2.45, 2.75) is 97.6 Å². The highest BCUT2D eigenvalue weighted by molar-refractivity contribution is 5.76. The van der Waals surface area contributed by atoms with E-state index in [0.717, 1.165) is 6.42 Å². The first-order valence-corrected chi connectivity index (χ1v) is 13.3. The lowest BCUT2D eigenvalue weighted by Gasteiger charge is -2.44. The van der Waals surface area contributed by atoms with Crippen molar-refractivity contribution in [2.24, 2.45) is 29.1 Å². The fraction of sp³-hybridized carbons (Fsp3) is 0.786. The second-order valence-corrected chi connectivity index (χ2v) is 11.3. The van der Waals surface area contributed by atoms with E-state index in [1.54, 1.807) is 0 Å². The van der Waals surface area contributed by atoms with Crippen molar-refractivity contribution < 1.29 is 39.5 Å². The second kappa shape index (κ2) is 13.7. The van der Waals surface area contributed by atoms with Crippen LogP contribution in [0.4, 0.5) is 0 Å². The van der Waals surface area contributed by atoms with Crippen LogP contribution < -0.4 is 0 Å². The minimum atomic E-state index is -1.15. The first-order chi connectivity index (χ1) is 16.9. The van der Waals surface area contributed by atoms with Crippen LogP contribution in [0.2, 0.25) is 0 Å². The van der Waals surface area contributed by atoms with Gasteiger partial charge in [0.25, 0.3) is 0 Å². The Labute approximate surface area is 215 Å². The molecule has 0 aliphatic heterocycles. The van der Waals surface area contributed by atoms with Crippen molar-refractivity contribution in [3.8, 4) is 0 Å². The largest absolute Gasteiger partial charge is 0.463 e. The third kappa shape index (κ3) is 8.68. The number of carbonyl (C=O) groups is 2. The van der Waals surface area contributed by atoms with Gasteiger partial charge >= 0.3 is 11.9 Å². The zero-order valence-electron chi connectivity index (χ0n) is 22.4. The van der Waals surface area contributed by atoms with E-state index >= 15 is 0 Å². The molecular formula is C28H46O8. The van der Waals surface area contributed by atoms with E-state index < -0.39 is 36.3 Å². The molecule has 2 aliphatic rings. The molecule has 0 saturated carbocycles. The third-order valence-electron chi connectivity index (χ3n) is 7.72. The van der Waals surface area contributed by atoms with Crippen molar-refractivity contribution >= 4 is 11.9 Å². The normalized spacial score (nSPS) is 28.5. The highest BCUT2D eigenvalue weighted by Crippen LogP contribution is 2.45. The molecule has 8 nitrogen and oxygen atoms in total. The lowest BCUT2D eigenvalue weighted by atomic mass is 9.65. The smallest absolute Gasteiger partial charge is 0.311 e. The molecule has 0 fully saturated rings. The number of allylic oxidation sites excluding steroid dienone is 3. The Balaban J connectivity index is 1.99. The summed E-state index contributed by atoms with van der Waals surface area (Å²) in [6, 6.07) is 0. The van der Waals surface area contributed by atoms with Crippen molar-refractivity contribution in [1.29, 1.82) is 0 Å². The summed E-state index contributed by atoms with van der Waals surface area (Å²) < 4.78 is 10.9. The second-order valence-electron chi connectivity index (χ2n) is 11.3. The first kappa shape index (κ1) is 30.5. The van der Waals surface area contributed by atoms with Crippen LogP contribution >= 0.6 is 0 Å². The van der Waals surface area contributed by atoms with E-state index in [9.17, 15) is 24.9 Å². The summed E-state index contributed by atoms with van der Waals surface area (Å²) in [6.07, 6.45) is 5.67. The average Bonchev–Trinajstić information content (AvgIpc) is 2.81. The van der Waals surface area contributed by atoms with E-state index in [1.807, 2.05) is 20.8 Å². The maximum atomic E-state index is 12.9. The molecule has 0 aromatic heterocycles. The van der Waals surface area contributed by atoms with Gasteiger partial charge in [-0.3, -0.25) is 9.59 Å². The maximum Gasteiger partial charge on any atom is 0.311 e. The summed E-state index contributed by atoms with van der Waals surface area (Å²) in [5.41, 5.74) is 0.645. The summed E-state index contributed by atoms with van der Waals surface area (Å²) in [6.45, 7) is 9.22. The Hall–Kier alpha value is -1.74. The van der Waals surface area contributed by atoms with Crippen LogP contribution in [0.5, 0.6) is 0 Å². The van der Waals surface area contributed by atoms with E-state index in [2.05, 4.69) is 32.1 Å². The lowest BCUT2D eigenvalue weighted by molar-refractivity contribution is -0.164. The molecule has 8 heteroatoms. The molecule has 0 amide bonds. The van der Waals surface area contributed by atoms with Crippen molar-refractivity contribution in [3.05, 3.63) is 23.8 Å². The molecule has 2 rings (SSSR count). The molecule has 0 bridgehead atoms. The van der Waals surface area contributed by atoms with E-state index in [0.29, 0.717) is 25.2 Å². The molecule has 0 unspecified atom stereocenters. The monoisotopic (exact) mass is 510 g/mol. The van der Waals surface area contributed by atoms with Crippen LogP contribution in [-0.4, -0.2) is 70.0 Å². The summed E-state index contributed by atoms with van der Waals surface area (Å²) in [4.78, 5) is 24.7. The van der Waals surface area contributed by atoms with Gasteiger partial charge in [-0.05, 0) is 69.3 Å². The van der Waals surface area contributed by atoms with Crippen molar-refractivity contribution in [1.82, 2.24) is 0 Å². The van der Waals surface area contributed by atoms with Gasteiger partial charge in [0.15, 0.2) is 0 Å². The quantitative estimate of drug-likeness (QED) is 0.278. The van der Waals surface area contributed by atoms with Gasteiger partial charge in [-0.15, -0.1) is 0 Å². The van der Waals surface area contributed by atoms with Crippen LogP contribution in [0.15, 0.2) is 23.8 Å². The Kier molecular flexibility index (Phi) is 11.6. The van der Waals surface area contributed by atoms with Gasteiger partial charge in [0, 0.05) is 5.92 Å². The number of aliphatic hydroxyl groups is 4. The number of ether oxygens (including phenoxy) is 2. The van der Waals surface area contributed by atoms with Gasteiger partial charge in [-0.1, -0.05) is 39.0 Å². The zero-order chi connectivity index (χ0) is 27.0. The minimum Gasteiger partial charge on any atom is -0.463 e. The number of fused-ring (bicyclic) bond motifs is 1. The predicted molar refractivity (Wildman–Crippen MR) is 136 cm³/mol. The standard InChI is InChI=1S/C28H46O8/c1-6-28(4,5)27(34)36-24-12-17(2)11-19-8-7-18(3)23(26(19)24)10-9-20(30)13-21(31)14-25(33)35-16-22(32)15-29/h7-8,11,17-18,20-24,26,29-32H,6,9-10,12-16H2,1-5H3/t17-,18-,20-,21+,22-,23-,24-,26-/m0/s1. The Morgan fingerprint density at radius 2 is 1.83 bits per heavy atom. The van der Waals surface area contributed by atoms with Gasteiger partial charge in [-0.25, -0.2) is 0 Å². The van der Waals surface area contributed by atoms with Gasteiger partial charge in [-0.2, -0.15) is 0 Å². The number of esters is 2. The molecule has 36 heavy (non-hydrogen) atoms. The Morgan fingerprint density at radius 1 is 1.14 bits per heavy atom. The van der Waals surface area contributed by atoms with Crippen LogP contribution in [0.1, 0.15) is 73.1 Å². The number of hydrogen-bond donors (Lipinski definition) is 4. The molecule has 0 radical (unpaired) electrons. The van der Waals surface area contributed by atoms with E-state index in [4.69, 9.17) is 14.6 Å². The van der Waals surface area contributed by atoms with Gasteiger partial charge in [0.1, 0.15) is 18.8 Å². The number of hydrogen-bond acceptors (Lipinski definition) is 8. The number of rotatable bonds is 13. The third-order valence-corrected chi connectivity index (χ3v) is 7.72. The van der Waals surface area contributed by atoms with Crippen molar-refractivity contribution in [3.63, 3.8) is 0 Å². The summed E-state index contributed by atoms with van der Waals surface area (Å²) in [5, 5.41) is 38.8. The predicted octanol–water partition coefficient (Wildman–Crippen LogP) is 2.92. The summed E-state index contributed by atoms with van der Waals surface area (Å²) >= 11 is 0.